The summed E-state index contributed by atoms with van der Waals surface area (Å²) < 4.78 is 5.57. The highest BCUT2D eigenvalue weighted by Crippen LogP contribution is 2.26. The lowest BCUT2D eigenvalue weighted by molar-refractivity contribution is 0.0475. The van der Waals surface area contributed by atoms with Gasteiger partial charge in [-0.3, -0.25) is 29.1 Å². The maximum atomic E-state index is 12.9. The van der Waals surface area contributed by atoms with Gasteiger partial charge in [0.25, 0.3) is 23.6 Å². The minimum absolute atomic E-state index is 0.0402. The second-order valence-corrected chi connectivity index (χ2v) is 8.89. The summed E-state index contributed by atoms with van der Waals surface area (Å²) in [5.41, 5.74) is 1.52. The van der Waals surface area contributed by atoms with Crippen LogP contribution in [0, 0.1) is 0 Å². The lowest BCUT2D eigenvalue weighted by Crippen LogP contribution is -2.46. The standard InChI is InChI=1S/C25H26N4O5/c30-22(27-18-7-11-28(12-8-18)23(31)16-5-9-26-10-6-16)17-3-4-20-21(14-17)25(33)29(24(20)32)15-19-2-1-13-34-19/h3-6,9-10,14,18-19H,1-2,7-8,11-13,15H2,(H,27,30). The number of rotatable bonds is 5. The van der Waals surface area contributed by atoms with E-state index in [1.165, 1.54) is 11.0 Å². The summed E-state index contributed by atoms with van der Waals surface area (Å²) in [4.78, 5) is 57.9. The lowest BCUT2D eigenvalue weighted by Gasteiger charge is -2.32. The summed E-state index contributed by atoms with van der Waals surface area (Å²) in [6.45, 7) is 1.97. The van der Waals surface area contributed by atoms with Gasteiger partial charge in [0, 0.05) is 49.3 Å². The van der Waals surface area contributed by atoms with Crippen LogP contribution < -0.4 is 5.32 Å². The van der Waals surface area contributed by atoms with Crippen LogP contribution in [0.1, 0.15) is 67.1 Å². The Labute approximate surface area is 197 Å². The van der Waals surface area contributed by atoms with Gasteiger partial charge in [-0.2, -0.15) is 0 Å². The number of carbonyl (C=O) groups excluding carboxylic acids is 4. The Morgan fingerprint density at radius 2 is 1.71 bits per heavy atom. The maximum Gasteiger partial charge on any atom is 0.261 e. The molecule has 5 rings (SSSR count). The van der Waals surface area contributed by atoms with E-state index in [0.717, 1.165) is 12.8 Å². The topological polar surface area (TPSA) is 109 Å². The average Bonchev–Trinajstić information content (AvgIpc) is 3.47. The zero-order valence-electron chi connectivity index (χ0n) is 18.7. The van der Waals surface area contributed by atoms with Crippen LogP contribution in [-0.2, 0) is 4.74 Å². The van der Waals surface area contributed by atoms with Crippen LogP contribution in [0.15, 0.2) is 42.7 Å². The Hall–Kier alpha value is -3.59. The van der Waals surface area contributed by atoms with Crippen LogP contribution in [0.4, 0.5) is 0 Å². The highest BCUT2D eigenvalue weighted by Gasteiger charge is 2.38. The number of pyridine rings is 1. The summed E-state index contributed by atoms with van der Waals surface area (Å²) in [5.74, 6) is -1.05. The highest BCUT2D eigenvalue weighted by molar-refractivity contribution is 6.22. The SMILES string of the molecule is O=C(NC1CCN(C(=O)c2ccncc2)CC1)c1ccc2c(c1)C(=O)N(CC1CCCO1)C2=O. The van der Waals surface area contributed by atoms with Crippen molar-refractivity contribution >= 4 is 23.6 Å². The minimum atomic E-state index is -0.381. The molecule has 1 atom stereocenters. The first kappa shape index (κ1) is 22.2. The van der Waals surface area contributed by atoms with Crippen LogP contribution in [0.2, 0.25) is 0 Å². The van der Waals surface area contributed by atoms with Crippen molar-refractivity contribution in [2.75, 3.05) is 26.2 Å². The number of imide groups is 1. The van der Waals surface area contributed by atoms with Gasteiger partial charge >= 0.3 is 0 Å². The molecule has 0 spiro atoms. The Morgan fingerprint density at radius 3 is 2.41 bits per heavy atom. The van der Waals surface area contributed by atoms with Gasteiger partial charge in [-0.1, -0.05) is 0 Å². The van der Waals surface area contributed by atoms with Gasteiger partial charge < -0.3 is 15.0 Å². The predicted molar refractivity (Wildman–Crippen MR) is 121 cm³/mol. The van der Waals surface area contributed by atoms with E-state index in [0.29, 0.717) is 49.2 Å². The monoisotopic (exact) mass is 462 g/mol. The van der Waals surface area contributed by atoms with Gasteiger partial charge in [0.2, 0.25) is 0 Å². The van der Waals surface area contributed by atoms with E-state index < -0.39 is 0 Å². The molecule has 1 aromatic carbocycles. The fourth-order valence-corrected chi connectivity index (χ4v) is 4.76. The maximum absolute atomic E-state index is 12.9. The molecule has 3 aliphatic heterocycles. The number of carbonyl (C=O) groups is 4. The molecular weight excluding hydrogens is 436 g/mol. The molecule has 3 aliphatic rings. The van der Waals surface area contributed by atoms with Gasteiger partial charge in [-0.25, -0.2) is 0 Å². The molecule has 1 aromatic heterocycles. The molecule has 4 amide bonds. The number of benzene rings is 1. The minimum Gasteiger partial charge on any atom is -0.376 e. The fraction of sp³-hybridized carbons (Fsp3) is 0.400. The molecular formula is C25H26N4O5. The van der Waals surface area contributed by atoms with E-state index in [9.17, 15) is 19.2 Å². The fourth-order valence-electron chi connectivity index (χ4n) is 4.76. The average molecular weight is 463 g/mol. The Morgan fingerprint density at radius 1 is 0.971 bits per heavy atom. The van der Waals surface area contributed by atoms with Crippen LogP contribution in [0.3, 0.4) is 0 Å². The second-order valence-electron chi connectivity index (χ2n) is 8.89. The number of piperidine rings is 1. The van der Waals surface area contributed by atoms with Gasteiger partial charge in [-0.15, -0.1) is 0 Å². The lowest BCUT2D eigenvalue weighted by atomic mass is 10.0. The molecule has 0 saturated carbocycles. The van der Waals surface area contributed by atoms with E-state index in [2.05, 4.69) is 10.3 Å². The molecule has 176 valence electrons. The van der Waals surface area contributed by atoms with Crippen LogP contribution >= 0.6 is 0 Å². The van der Waals surface area contributed by atoms with Crippen LogP contribution in [0.5, 0.6) is 0 Å². The number of likely N-dealkylation sites (tertiary alicyclic amines) is 1. The van der Waals surface area contributed by atoms with Crippen molar-refractivity contribution in [1.82, 2.24) is 20.1 Å². The van der Waals surface area contributed by atoms with Crippen LogP contribution in [0.25, 0.3) is 0 Å². The van der Waals surface area contributed by atoms with Crippen LogP contribution in [-0.4, -0.2) is 76.8 Å². The molecule has 1 unspecified atom stereocenters. The quantitative estimate of drug-likeness (QED) is 0.680. The molecule has 2 fully saturated rings. The van der Waals surface area contributed by atoms with E-state index >= 15 is 0 Å². The normalized spacial score (nSPS) is 20.5. The van der Waals surface area contributed by atoms with Crippen molar-refractivity contribution in [2.24, 2.45) is 0 Å². The van der Waals surface area contributed by atoms with Crippen molar-refractivity contribution in [3.8, 4) is 0 Å². The Balaban J connectivity index is 1.19. The Bertz CT molecular complexity index is 1120. The number of nitrogens with one attached hydrogen (secondary N) is 1. The molecule has 0 radical (unpaired) electrons. The van der Waals surface area contributed by atoms with Crippen molar-refractivity contribution in [1.29, 1.82) is 0 Å². The van der Waals surface area contributed by atoms with Crippen molar-refractivity contribution in [2.45, 2.75) is 37.8 Å². The molecule has 2 saturated heterocycles. The zero-order chi connectivity index (χ0) is 23.7. The van der Waals surface area contributed by atoms with Gasteiger partial charge in [0.05, 0.1) is 23.8 Å². The van der Waals surface area contributed by atoms with E-state index in [-0.39, 0.29) is 47.9 Å². The second kappa shape index (κ2) is 9.34. The summed E-state index contributed by atoms with van der Waals surface area (Å²) in [6, 6.07) is 7.95. The number of ether oxygens (including phenoxy) is 1. The third-order valence-electron chi connectivity index (χ3n) is 6.69. The van der Waals surface area contributed by atoms with Crippen molar-refractivity contribution < 1.29 is 23.9 Å². The zero-order valence-corrected chi connectivity index (χ0v) is 18.7. The number of aromatic nitrogens is 1. The van der Waals surface area contributed by atoms with E-state index in [1.54, 1.807) is 41.6 Å². The predicted octanol–water partition coefficient (Wildman–Crippen LogP) is 1.89. The molecule has 0 bridgehead atoms. The number of hydrogen-bond donors (Lipinski definition) is 1. The van der Waals surface area contributed by atoms with E-state index in [1.807, 2.05) is 0 Å². The number of fused-ring (bicyclic) bond motifs is 1. The van der Waals surface area contributed by atoms with Gasteiger partial charge in [0.15, 0.2) is 0 Å². The third-order valence-corrected chi connectivity index (χ3v) is 6.69. The molecule has 34 heavy (non-hydrogen) atoms. The molecule has 0 aliphatic carbocycles. The Kier molecular flexibility index (Phi) is 6.10. The highest BCUT2D eigenvalue weighted by atomic mass is 16.5. The smallest absolute Gasteiger partial charge is 0.261 e. The van der Waals surface area contributed by atoms with Crippen molar-refractivity contribution in [3.63, 3.8) is 0 Å². The number of amides is 4. The largest absolute Gasteiger partial charge is 0.376 e. The summed E-state index contributed by atoms with van der Waals surface area (Å²) >= 11 is 0. The summed E-state index contributed by atoms with van der Waals surface area (Å²) in [5, 5.41) is 3.00. The van der Waals surface area contributed by atoms with Gasteiger partial charge in [-0.05, 0) is 56.0 Å². The van der Waals surface area contributed by atoms with Crippen molar-refractivity contribution in [3.05, 3.63) is 65.0 Å². The molecule has 4 heterocycles. The molecule has 2 aromatic rings. The van der Waals surface area contributed by atoms with Gasteiger partial charge in [0.1, 0.15) is 0 Å². The number of hydrogen-bond acceptors (Lipinski definition) is 6. The molecule has 9 nitrogen and oxygen atoms in total. The first-order valence-electron chi connectivity index (χ1n) is 11.6. The molecule has 9 heteroatoms. The summed E-state index contributed by atoms with van der Waals surface area (Å²) in [6.07, 6.45) is 6.10. The molecule has 1 N–H and O–H groups in total. The first-order valence-corrected chi connectivity index (χ1v) is 11.6. The number of nitrogens with zero attached hydrogens (tertiary/aromatic N) is 3. The third kappa shape index (κ3) is 4.31. The first-order chi connectivity index (χ1) is 16.5. The van der Waals surface area contributed by atoms with E-state index in [4.69, 9.17) is 4.74 Å². The summed E-state index contributed by atoms with van der Waals surface area (Å²) in [7, 11) is 0.